The minimum Gasteiger partial charge on any atom is -0.127 e. The van der Waals surface area contributed by atoms with Gasteiger partial charge in [-0.1, -0.05) is 142 Å². The van der Waals surface area contributed by atoms with Gasteiger partial charge in [0, 0.05) is 5.88 Å². The molecule has 164 valence electrons. The lowest BCUT2D eigenvalue weighted by Gasteiger charge is -2.16. The molecular formula is C26H53Cl. The molecule has 27 heavy (non-hydrogen) atoms. The van der Waals surface area contributed by atoms with Crippen LogP contribution in [0.25, 0.3) is 0 Å². The quantitative estimate of drug-likeness (QED) is 0.118. The van der Waals surface area contributed by atoms with Crippen molar-refractivity contribution in [3.63, 3.8) is 0 Å². The van der Waals surface area contributed by atoms with E-state index in [1.54, 1.807) is 0 Å². The Bertz CT molecular complexity index is 251. The van der Waals surface area contributed by atoms with Crippen LogP contribution >= 0.6 is 11.6 Å². The zero-order valence-electron chi connectivity index (χ0n) is 19.2. The molecule has 0 radical (unpaired) electrons. The van der Waals surface area contributed by atoms with Gasteiger partial charge in [-0.25, -0.2) is 0 Å². The SMILES string of the molecule is CCCCCCCCCCCCCC(CCCCl)CCCCCCCCC. The number of hydrogen-bond acceptors (Lipinski definition) is 0. The van der Waals surface area contributed by atoms with Gasteiger partial charge in [-0.15, -0.1) is 11.6 Å². The Hall–Kier alpha value is 0.290. The molecule has 0 saturated heterocycles. The average Bonchev–Trinajstić information content (AvgIpc) is 2.68. The molecule has 0 aliphatic heterocycles. The van der Waals surface area contributed by atoms with Crippen LogP contribution in [-0.4, -0.2) is 5.88 Å². The molecular weight excluding hydrogens is 348 g/mol. The molecule has 0 aromatic heterocycles. The summed E-state index contributed by atoms with van der Waals surface area (Å²) in [6, 6.07) is 0. The molecule has 0 fully saturated rings. The predicted octanol–water partition coefficient (Wildman–Crippen LogP) is 10.5. The van der Waals surface area contributed by atoms with Gasteiger partial charge in [0.25, 0.3) is 0 Å². The molecule has 0 spiro atoms. The lowest BCUT2D eigenvalue weighted by molar-refractivity contribution is 0.377. The van der Waals surface area contributed by atoms with Gasteiger partial charge in [0.15, 0.2) is 0 Å². The molecule has 1 atom stereocenters. The van der Waals surface area contributed by atoms with Crippen LogP contribution in [0.1, 0.15) is 155 Å². The summed E-state index contributed by atoms with van der Waals surface area (Å²) in [4.78, 5) is 0. The van der Waals surface area contributed by atoms with E-state index in [4.69, 9.17) is 11.6 Å². The summed E-state index contributed by atoms with van der Waals surface area (Å²) in [6.45, 7) is 4.60. The lowest BCUT2D eigenvalue weighted by Crippen LogP contribution is -2.02. The average molecular weight is 401 g/mol. The Balaban J connectivity index is 3.50. The van der Waals surface area contributed by atoms with Crippen LogP contribution in [-0.2, 0) is 0 Å². The first-order chi connectivity index (χ1) is 13.3. The molecule has 0 rings (SSSR count). The highest BCUT2D eigenvalue weighted by Gasteiger charge is 2.08. The van der Waals surface area contributed by atoms with Gasteiger partial charge in [0.2, 0.25) is 0 Å². The third-order valence-electron chi connectivity index (χ3n) is 6.18. The summed E-state index contributed by atoms with van der Waals surface area (Å²) in [5.41, 5.74) is 0. The molecule has 0 amide bonds. The Morgan fingerprint density at radius 3 is 1.04 bits per heavy atom. The van der Waals surface area contributed by atoms with Crippen LogP contribution in [0.2, 0.25) is 0 Å². The van der Waals surface area contributed by atoms with Crippen molar-refractivity contribution in [3.8, 4) is 0 Å². The second kappa shape index (κ2) is 24.3. The van der Waals surface area contributed by atoms with Crippen LogP contribution in [0.15, 0.2) is 0 Å². The minimum absolute atomic E-state index is 0.853. The van der Waals surface area contributed by atoms with Crippen LogP contribution in [0.3, 0.4) is 0 Å². The second-order valence-electron chi connectivity index (χ2n) is 8.93. The summed E-state index contributed by atoms with van der Waals surface area (Å²) in [6.07, 6.45) is 31.6. The van der Waals surface area contributed by atoms with Crippen molar-refractivity contribution in [2.45, 2.75) is 155 Å². The van der Waals surface area contributed by atoms with Gasteiger partial charge in [-0.3, -0.25) is 0 Å². The molecule has 0 aromatic carbocycles. The van der Waals surface area contributed by atoms with Crippen molar-refractivity contribution >= 4 is 11.6 Å². The van der Waals surface area contributed by atoms with E-state index >= 15 is 0 Å². The number of rotatable bonds is 23. The first-order valence-corrected chi connectivity index (χ1v) is 13.4. The smallest absolute Gasteiger partial charge is 0.0223 e. The monoisotopic (exact) mass is 400 g/mol. The van der Waals surface area contributed by atoms with Crippen molar-refractivity contribution in [2.24, 2.45) is 5.92 Å². The highest BCUT2D eigenvalue weighted by Crippen LogP contribution is 2.23. The zero-order valence-corrected chi connectivity index (χ0v) is 20.0. The summed E-state index contributed by atoms with van der Waals surface area (Å²) in [5.74, 6) is 1.81. The van der Waals surface area contributed by atoms with E-state index in [1.165, 1.54) is 141 Å². The van der Waals surface area contributed by atoms with E-state index in [0.29, 0.717) is 0 Å². The Kier molecular flexibility index (Phi) is 24.6. The fourth-order valence-corrected chi connectivity index (χ4v) is 4.44. The van der Waals surface area contributed by atoms with E-state index < -0.39 is 0 Å². The normalized spacial score (nSPS) is 12.6. The van der Waals surface area contributed by atoms with Crippen molar-refractivity contribution in [1.82, 2.24) is 0 Å². The molecule has 0 nitrogen and oxygen atoms in total. The highest BCUT2D eigenvalue weighted by molar-refractivity contribution is 6.17. The van der Waals surface area contributed by atoms with Crippen molar-refractivity contribution in [3.05, 3.63) is 0 Å². The number of alkyl halides is 1. The number of hydrogen-bond donors (Lipinski definition) is 0. The predicted molar refractivity (Wildman–Crippen MR) is 127 cm³/mol. The third kappa shape index (κ3) is 22.4. The Labute approximate surface area is 178 Å². The lowest BCUT2D eigenvalue weighted by atomic mass is 9.90. The van der Waals surface area contributed by atoms with E-state index in [1.807, 2.05) is 0 Å². The summed E-state index contributed by atoms with van der Waals surface area (Å²) in [5, 5.41) is 0. The number of unbranched alkanes of at least 4 members (excludes halogenated alkanes) is 16. The van der Waals surface area contributed by atoms with Gasteiger partial charge < -0.3 is 0 Å². The second-order valence-corrected chi connectivity index (χ2v) is 9.31. The maximum absolute atomic E-state index is 5.95. The van der Waals surface area contributed by atoms with E-state index in [9.17, 15) is 0 Å². The van der Waals surface area contributed by atoms with Crippen LogP contribution in [0.4, 0.5) is 0 Å². The fourth-order valence-electron chi connectivity index (χ4n) is 4.29. The maximum Gasteiger partial charge on any atom is 0.0223 e. The summed E-state index contributed by atoms with van der Waals surface area (Å²) in [7, 11) is 0. The topological polar surface area (TPSA) is 0 Å². The fraction of sp³-hybridized carbons (Fsp3) is 1.00. The summed E-state index contributed by atoms with van der Waals surface area (Å²) < 4.78 is 0. The zero-order chi connectivity index (χ0) is 19.8. The molecule has 0 aliphatic carbocycles. The molecule has 0 saturated carbocycles. The van der Waals surface area contributed by atoms with Gasteiger partial charge in [-0.05, 0) is 18.8 Å². The largest absolute Gasteiger partial charge is 0.127 e. The van der Waals surface area contributed by atoms with Gasteiger partial charge in [0.1, 0.15) is 0 Å². The van der Waals surface area contributed by atoms with Gasteiger partial charge in [0.05, 0.1) is 0 Å². The van der Waals surface area contributed by atoms with Crippen molar-refractivity contribution < 1.29 is 0 Å². The van der Waals surface area contributed by atoms with Crippen LogP contribution < -0.4 is 0 Å². The van der Waals surface area contributed by atoms with E-state index in [-0.39, 0.29) is 0 Å². The molecule has 0 bridgehead atoms. The molecule has 0 aromatic rings. The summed E-state index contributed by atoms with van der Waals surface area (Å²) >= 11 is 5.95. The molecule has 1 heteroatoms. The minimum atomic E-state index is 0.853. The van der Waals surface area contributed by atoms with E-state index in [2.05, 4.69) is 13.8 Å². The maximum atomic E-state index is 5.95. The molecule has 1 unspecified atom stereocenters. The third-order valence-corrected chi connectivity index (χ3v) is 6.45. The van der Waals surface area contributed by atoms with Gasteiger partial charge >= 0.3 is 0 Å². The molecule has 0 N–H and O–H groups in total. The van der Waals surface area contributed by atoms with E-state index in [0.717, 1.165) is 11.8 Å². The number of halogens is 1. The van der Waals surface area contributed by atoms with Crippen LogP contribution in [0.5, 0.6) is 0 Å². The first kappa shape index (κ1) is 27.3. The Morgan fingerprint density at radius 2 is 0.704 bits per heavy atom. The van der Waals surface area contributed by atoms with Gasteiger partial charge in [-0.2, -0.15) is 0 Å². The highest BCUT2D eigenvalue weighted by atomic mass is 35.5. The van der Waals surface area contributed by atoms with Crippen LogP contribution in [0, 0.1) is 5.92 Å². The first-order valence-electron chi connectivity index (χ1n) is 12.9. The molecule has 0 heterocycles. The Morgan fingerprint density at radius 1 is 0.407 bits per heavy atom. The molecule has 0 aliphatic rings. The van der Waals surface area contributed by atoms with Crippen molar-refractivity contribution in [2.75, 3.05) is 5.88 Å². The van der Waals surface area contributed by atoms with Crippen molar-refractivity contribution in [1.29, 1.82) is 0 Å². The standard InChI is InChI=1S/C26H53Cl/c1-3-5-7-9-11-12-13-14-16-18-20-23-26(24-21-25-27)22-19-17-15-10-8-6-4-2/h26H,3-25H2,1-2H3.